The molecule has 2 fully saturated rings. The highest BCUT2D eigenvalue weighted by molar-refractivity contribution is 5.78. The lowest BCUT2D eigenvalue weighted by Gasteiger charge is -2.35. The Morgan fingerprint density at radius 2 is 1.56 bits per heavy atom. The summed E-state index contributed by atoms with van der Waals surface area (Å²) in [6.45, 7) is 4.83. The van der Waals surface area contributed by atoms with Gasteiger partial charge in [0.15, 0.2) is 0 Å². The van der Waals surface area contributed by atoms with E-state index in [1.54, 1.807) is 0 Å². The molecule has 1 aliphatic carbocycles. The fraction of sp³-hybridized carbons (Fsp3) is 0.652. The van der Waals surface area contributed by atoms with Crippen LogP contribution in [0.1, 0.15) is 62.5 Å². The summed E-state index contributed by atoms with van der Waals surface area (Å²) in [6, 6.07) is 8.36. The summed E-state index contributed by atoms with van der Waals surface area (Å²) in [5.41, 5.74) is 2.46. The molecule has 2 amide bonds. The average Bonchev–Trinajstić information content (AvgIpc) is 2.71. The minimum atomic E-state index is 0.214. The third kappa shape index (κ3) is 6.08. The zero-order valence-electron chi connectivity index (χ0n) is 16.8. The molecule has 0 spiro atoms. The van der Waals surface area contributed by atoms with Gasteiger partial charge in [0.2, 0.25) is 11.8 Å². The molecule has 1 saturated heterocycles. The standard InChI is InChI=1S/C23H34N2O2/c1-19-6-5-9-21(18-19)11-13-23(27)25-16-14-24(15-17-25)22(26)12-10-20-7-3-2-4-8-20/h5-6,9,18,20H,2-4,7-8,10-17H2,1H3. The normalized spacial score (nSPS) is 18.6. The molecule has 1 heterocycles. The van der Waals surface area contributed by atoms with Crippen LogP contribution in [0.5, 0.6) is 0 Å². The molecule has 0 aromatic heterocycles. The van der Waals surface area contributed by atoms with Crippen LogP contribution in [-0.2, 0) is 16.0 Å². The predicted octanol–water partition coefficient (Wildman–Crippen LogP) is 3.96. The first-order valence-corrected chi connectivity index (χ1v) is 10.7. The van der Waals surface area contributed by atoms with E-state index in [-0.39, 0.29) is 11.8 Å². The Morgan fingerprint density at radius 3 is 2.19 bits per heavy atom. The van der Waals surface area contributed by atoms with Crippen LogP contribution in [0.2, 0.25) is 0 Å². The molecule has 1 aliphatic heterocycles. The van der Waals surface area contributed by atoms with Crippen molar-refractivity contribution in [1.82, 2.24) is 9.80 Å². The lowest BCUT2D eigenvalue weighted by atomic mass is 9.86. The lowest BCUT2D eigenvalue weighted by molar-refractivity contribution is -0.139. The van der Waals surface area contributed by atoms with Crippen molar-refractivity contribution in [3.8, 4) is 0 Å². The number of hydrogen-bond donors (Lipinski definition) is 0. The first kappa shape index (κ1) is 19.9. The molecule has 0 N–H and O–H groups in total. The van der Waals surface area contributed by atoms with Gasteiger partial charge in [0.25, 0.3) is 0 Å². The zero-order valence-corrected chi connectivity index (χ0v) is 16.8. The molecular formula is C23H34N2O2. The Morgan fingerprint density at radius 1 is 0.926 bits per heavy atom. The number of aryl methyl sites for hydroxylation is 2. The SMILES string of the molecule is Cc1cccc(CCC(=O)N2CCN(C(=O)CCC3CCCCC3)CC2)c1. The first-order valence-electron chi connectivity index (χ1n) is 10.7. The van der Waals surface area contributed by atoms with Crippen LogP contribution in [-0.4, -0.2) is 47.8 Å². The van der Waals surface area contributed by atoms with E-state index in [4.69, 9.17) is 0 Å². The highest BCUT2D eigenvalue weighted by atomic mass is 16.2. The van der Waals surface area contributed by atoms with Gasteiger partial charge in [-0.25, -0.2) is 0 Å². The van der Waals surface area contributed by atoms with Crippen molar-refractivity contribution < 1.29 is 9.59 Å². The molecule has 4 nitrogen and oxygen atoms in total. The molecule has 3 rings (SSSR count). The van der Waals surface area contributed by atoms with Crippen LogP contribution < -0.4 is 0 Å². The Bertz CT molecular complexity index is 629. The van der Waals surface area contributed by atoms with Crippen molar-refractivity contribution in [2.75, 3.05) is 26.2 Å². The summed E-state index contributed by atoms with van der Waals surface area (Å²) in [6.07, 6.45) is 9.72. The monoisotopic (exact) mass is 370 g/mol. The number of carbonyl (C=O) groups excluding carboxylic acids is 2. The Labute approximate surface area is 163 Å². The number of carbonyl (C=O) groups is 2. The van der Waals surface area contributed by atoms with E-state index >= 15 is 0 Å². The van der Waals surface area contributed by atoms with Crippen LogP contribution in [0.3, 0.4) is 0 Å². The van der Waals surface area contributed by atoms with Gasteiger partial charge >= 0.3 is 0 Å². The second-order valence-electron chi connectivity index (χ2n) is 8.29. The van der Waals surface area contributed by atoms with Gasteiger partial charge in [-0.3, -0.25) is 9.59 Å². The molecule has 0 bridgehead atoms. The Hall–Kier alpha value is -1.84. The van der Waals surface area contributed by atoms with Gasteiger partial charge in [-0.1, -0.05) is 61.9 Å². The van der Waals surface area contributed by atoms with Crippen LogP contribution in [0.15, 0.2) is 24.3 Å². The second kappa shape index (κ2) is 9.91. The first-order chi connectivity index (χ1) is 13.1. The van der Waals surface area contributed by atoms with Crippen molar-refractivity contribution in [3.63, 3.8) is 0 Å². The minimum Gasteiger partial charge on any atom is -0.339 e. The smallest absolute Gasteiger partial charge is 0.223 e. The largest absolute Gasteiger partial charge is 0.339 e. The maximum atomic E-state index is 12.5. The number of benzene rings is 1. The molecule has 0 atom stereocenters. The van der Waals surface area contributed by atoms with E-state index in [1.165, 1.54) is 43.2 Å². The number of nitrogens with zero attached hydrogens (tertiary/aromatic N) is 2. The fourth-order valence-corrected chi connectivity index (χ4v) is 4.44. The van der Waals surface area contributed by atoms with Gasteiger partial charge in [-0.2, -0.15) is 0 Å². The van der Waals surface area contributed by atoms with Crippen molar-refractivity contribution in [3.05, 3.63) is 35.4 Å². The van der Waals surface area contributed by atoms with Gasteiger partial charge in [-0.15, -0.1) is 0 Å². The Balaban J connectivity index is 1.36. The summed E-state index contributed by atoms with van der Waals surface area (Å²) in [4.78, 5) is 28.9. The highest BCUT2D eigenvalue weighted by Gasteiger charge is 2.24. The Kier molecular flexibility index (Phi) is 7.31. The van der Waals surface area contributed by atoms with Crippen LogP contribution in [0, 0.1) is 12.8 Å². The summed E-state index contributed by atoms with van der Waals surface area (Å²) in [7, 11) is 0. The molecule has 4 heteroatoms. The fourth-order valence-electron chi connectivity index (χ4n) is 4.44. The predicted molar refractivity (Wildman–Crippen MR) is 108 cm³/mol. The summed E-state index contributed by atoms with van der Waals surface area (Å²) in [5, 5.41) is 0. The van der Waals surface area contributed by atoms with Gasteiger partial charge in [0.1, 0.15) is 0 Å². The number of rotatable bonds is 6. The van der Waals surface area contributed by atoms with Crippen LogP contribution in [0.4, 0.5) is 0 Å². The van der Waals surface area contributed by atoms with Crippen molar-refractivity contribution >= 4 is 11.8 Å². The van der Waals surface area contributed by atoms with Crippen LogP contribution in [0.25, 0.3) is 0 Å². The molecule has 1 aromatic carbocycles. The highest BCUT2D eigenvalue weighted by Crippen LogP contribution is 2.27. The average molecular weight is 371 g/mol. The second-order valence-corrected chi connectivity index (χ2v) is 8.29. The van der Waals surface area contributed by atoms with E-state index in [9.17, 15) is 9.59 Å². The third-order valence-corrected chi connectivity index (χ3v) is 6.19. The van der Waals surface area contributed by atoms with Crippen molar-refractivity contribution in [2.45, 2.75) is 64.7 Å². The maximum Gasteiger partial charge on any atom is 0.223 e. The van der Waals surface area contributed by atoms with E-state index in [0.717, 1.165) is 18.8 Å². The molecular weight excluding hydrogens is 336 g/mol. The van der Waals surface area contributed by atoms with Gasteiger partial charge in [-0.05, 0) is 31.2 Å². The van der Waals surface area contributed by atoms with Crippen molar-refractivity contribution in [1.29, 1.82) is 0 Å². The lowest BCUT2D eigenvalue weighted by Crippen LogP contribution is -2.50. The zero-order chi connectivity index (χ0) is 19.1. The number of piperazine rings is 1. The quantitative estimate of drug-likeness (QED) is 0.760. The molecule has 0 radical (unpaired) electrons. The number of hydrogen-bond acceptors (Lipinski definition) is 2. The van der Waals surface area contributed by atoms with E-state index in [0.29, 0.717) is 39.0 Å². The van der Waals surface area contributed by atoms with Crippen molar-refractivity contribution in [2.24, 2.45) is 5.92 Å². The maximum absolute atomic E-state index is 12.5. The minimum absolute atomic E-state index is 0.214. The molecule has 1 saturated carbocycles. The summed E-state index contributed by atoms with van der Waals surface area (Å²) < 4.78 is 0. The molecule has 0 unspecified atom stereocenters. The van der Waals surface area contributed by atoms with Gasteiger partial charge in [0, 0.05) is 39.0 Å². The molecule has 2 aliphatic rings. The van der Waals surface area contributed by atoms with Crippen LogP contribution >= 0.6 is 0 Å². The molecule has 27 heavy (non-hydrogen) atoms. The summed E-state index contributed by atoms with van der Waals surface area (Å²) >= 11 is 0. The van der Waals surface area contributed by atoms with Gasteiger partial charge < -0.3 is 9.80 Å². The molecule has 148 valence electrons. The van der Waals surface area contributed by atoms with E-state index in [2.05, 4.69) is 25.1 Å². The number of amides is 2. The molecule has 1 aromatic rings. The third-order valence-electron chi connectivity index (χ3n) is 6.19. The topological polar surface area (TPSA) is 40.6 Å². The van der Waals surface area contributed by atoms with Gasteiger partial charge in [0.05, 0.1) is 0 Å². The van der Waals surface area contributed by atoms with E-state index < -0.39 is 0 Å². The summed E-state index contributed by atoms with van der Waals surface area (Å²) in [5.74, 6) is 1.26. The van der Waals surface area contributed by atoms with E-state index in [1.807, 2.05) is 15.9 Å².